The van der Waals surface area contributed by atoms with Crippen LogP contribution >= 0.6 is 0 Å². The fraction of sp³-hybridized carbons (Fsp3) is 0.481. The summed E-state index contributed by atoms with van der Waals surface area (Å²) in [5.74, 6) is -0.245. The molecule has 0 atom stereocenters. The Balaban J connectivity index is 1.44. The first-order valence-electron chi connectivity index (χ1n) is 12.4. The van der Waals surface area contributed by atoms with E-state index in [1.54, 1.807) is 12.1 Å². The van der Waals surface area contributed by atoms with Crippen LogP contribution in [-0.2, 0) is 29.0 Å². The van der Waals surface area contributed by atoms with Gasteiger partial charge in [0.15, 0.2) is 0 Å². The third-order valence-corrected chi connectivity index (χ3v) is 6.67. The number of nitrogens with one attached hydrogen (secondary N) is 1. The molecule has 1 heterocycles. The summed E-state index contributed by atoms with van der Waals surface area (Å²) in [7, 11) is 0. The molecule has 2 aliphatic rings. The fourth-order valence-electron chi connectivity index (χ4n) is 4.85. The number of nitrogens with zero attached hydrogens (tertiary/aromatic N) is 1. The summed E-state index contributed by atoms with van der Waals surface area (Å²) in [6, 6.07) is 10.1. The molecular formula is C27H31F3N2O4. The predicted octanol–water partition coefficient (Wildman–Crippen LogP) is 6.02. The molecule has 9 heteroatoms. The molecule has 2 aromatic rings. The maximum absolute atomic E-state index is 13.8. The highest BCUT2D eigenvalue weighted by Gasteiger charge is 2.35. The number of aliphatic carboxylic acids is 1. The zero-order chi connectivity index (χ0) is 25.5. The van der Waals surface area contributed by atoms with Gasteiger partial charge in [-0.25, -0.2) is 0 Å². The molecule has 2 N–H and O–H groups in total. The lowest BCUT2D eigenvalue weighted by atomic mass is 9.81. The van der Waals surface area contributed by atoms with E-state index in [4.69, 9.17) is 14.7 Å². The lowest BCUT2D eigenvalue weighted by Gasteiger charge is -2.25. The summed E-state index contributed by atoms with van der Waals surface area (Å²) in [6.45, 7) is 1.21. The van der Waals surface area contributed by atoms with Gasteiger partial charge in [-0.3, -0.25) is 4.79 Å². The second-order valence-corrected chi connectivity index (χ2v) is 9.32. The average Bonchev–Trinajstić information content (AvgIpc) is 2.86. The van der Waals surface area contributed by atoms with Crippen LogP contribution in [0.15, 0.2) is 41.6 Å². The van der Waals surface area contributed by atoms with Gasteiger partial charge >= 0.3 is 12.1 Å². The van der Waals surface area contributed by atoms with Crippen LogP contribution < -0.4 is 10.1 Å². The number of carboxylic acid groups (broad SMARTS) is 1. The summed E-state index contributed by atoms with van der Waals surface area (Å²) in [6.07, 6.45) is 0.745. The first-order chi connectivity index (χ1) is 17.3. The average molecular weight is 505 g/mol. The Morgan fingerprint density at radius 1 is 1.11 bits per heavy atom. The maximum atomic E-state index is 13.8. The Labute approximate surface area is 208 Å². The van der Waals surface area contributed by atoms with E-state index in [0.29, 0.717) is 48.7 Å². The van der Waals surface area contributed by atoms with Crippen LogP contribution in [0.2, 0.25) is 0 Å². The normalized spacial score (nSPS) is 17.5. The number of alkyl halides is 3. The molecule has 1 aliphatic carbocycles. The summed E-state index contributed by atoms with van der Waals surface area (Å²) in [4.78, 5) is 16.2. The Morgan fingerprint density at radius 2 is 1.89 bits per heavy atom. The number of oxime groups is 1. The van der Waals surface area contributed by atoms with E-state index in [2.05, 4.69) is 10.5 Å². The highest BCUT2D eigenvalue weighted by molar-refractivity contribution is 6.03. The van der Waals surface area contributed by atoms with Gasteiger partial charge in [-0.1, -0.05) is 42.6 Å². The van der Waals surface area contributed by atoms with E-state index in [1.165, 1.54) is 6.07 Å². The molecule has 0 spiro atoms. The van der Waals surface area contributed by atoms with Gasteiger partial charge in [-0.15, -0.1) is 0 Å². The topological polar surface area (TPSA) is 80.2 Å². The van der Waals surface area contributed by atoms with Crippen molar-refractivity contribution in [2.45, 2.75) is 70.2 Å². The van der Waals surface area contributed by atoms with Crippen molar-refractivity contribution in [1.29, 1.82) is 0 Å². The fourth-order valence-corrected chi connectivity index (χ4v) is 4.85. The standard InChI is InChI=1S/C27H31F3N2O4/c28-27(29,30)23-15-19(6-8-21(23)20-4-2-1-3-5-20)17-36-32-24-11-13-35-25-9-7-18(14-22(24)25)16-31-12-10-26(33)34/h6-9,14-15,20,31H,1-5,10-13,16-17H2,(H,33,34). The molecule has 1 fully saturated rings. The highest BCUT2D eigenvalue weighted by atomic mass is 19.4. The van der Waals surface area contributed by atoms with Gasteiger partial charge in [-0.2, -0.15) is 13.2 Å². The zero-order valence-corrected chi connectivity index (χ0v) is 20.1. The molecule has 2 aromatic carbocycles. The lowest BCUT2D eigenvalue weighted by molar-refractivity contribution is -0.139. The summed E-state index contributed by atoms with van der Waals surface area (Å²) in [5, 5.41) is 16.1. The second-order valence-electron chi connectivity index (χ2n) is 9.32. The molecule has 1 aliphatic heterocycles. The summed E-state index contributed by atoms with van der Waals surface area (Å²) in [5.41, 5.74) is 2.61. The van der Waals surface area contributed by atoms with Crippen LogP contribution in [0.1, 0.15) is 78.7 Å². The molecule has 194 valence electrons. The molecule has 4 rings (SSSR count). The van der Waals surface area contributed by atoms with E-state index >= 15 is 0 Å². The van der Waals surface area contributed by atoms with E-state index in [0.717, 1.165) is 43.2 Å². The molecule has 0 unspecified atom stereocenters. The van der Waals surface area contributed by atoms with Gasteiger partial charge in [0.1, 0.15) is 12.4 Å². The number of ether oxygens (including phenoxy) is 1. The highest BCUT2D eigenvalue weighted by Crippen LogP contribution is 2.41. The van der Waals surface area contributed by atoms with Crippen LogP contribution in [0.4, 0.5) is 13.2 Å². The van der Waals surface area contributed by atoms with Crippen molar-refractivity contribution in [1.82, 2.24) is 5.32 Å². The largest absolute Gasteiger partial charge is 0.492 e. The van der Waals surface area contributed by atoms with Crippen molar-refractivity contribution in [3.05, 3.63) is 64.2 Å². The second kappa shape index (κ2) is 11.8. The van der Waals surface area contributed by atoms with Gasteiger partial charge in [0.2, 0.25) is 0 Å². The van der Waals surface area contributed by atoms with Crippen molar-refractivity contribution in [2.24, 2.45) is 5.16 Å². The Bertz CT molecular complexity index is 1090. The van der Waals surface area contributed by atoms with Crippen molar-refractivity contribution < 1.29 is 32.6 Å². The molecule has 0 bridgehead atoms. The van der Waals surface area contributed by atoms with Gasteiger partial charge < -0.3 is 20.0 Å². The number of carboxylic acids is 1. The van der Waals surface area contributed by atoms with Crippen LogP contribution in [0.3, 0.4) is 0 Å². The number of rotatable bonds is 9. The lowest BCUT2D eigenvalue weighted by Crippen LogP contribution is -2.20. The van der Waals surface area contributed by atoms with Crippen LogP contribution in [0.25, 0.3) is 0 Å². The first kappa shape index (κ1) is 26.0. The van der Waals surface area contributed by atoms with Crippen LogP contribution in [0.5, 0.6) is 5.75 Å². The molecule has 0 radical (unpaired) electrons. The van der Waals surface area contributed by atoms with Crippen LogP contribution in [-0.4, -0.2) is 29.9 Å². The third-order valence-electron chi connectivity index (χ3n) is 6.67. The quantitative estimate of drug-likeness (QED) is 0.322. The Morgan fingerprint density at radius 3 is 2.64 bits per heavy atom. The maximum Gasteiger partial charge on any atom is 0.416 e. The monoisotopic (exact) mass is 504 g/mol. The van der Waals surface area contributed by atoms with Crippen LogP contribution in [0, 0.1) is 0 Å². The smallest absolute Gasteiger partial charge is 0.416 e. The van der Waals surface area contributed by atoms with Crippen molar-refractivity contribution in [2.75, 3.05) is 13.2 Å². The number of halogens is 3. The molecular weight excluding hydrogens is 473 g/mol. The molecule has 36 heavy (non-hydrogen) atoms. The molecule has 0 amide bonds. The predicted molar refractivity (Wildman–Crippen MR) is 129 cm³/mol. The number of hydrogen-bond acceptors (Lipinski definition) is 5. The molecule has 0 saturated heterocycles. The van der Waals surface area contributed by atoms with E-state index in [-0.39, 0.29) is 18.9 Å². The minimum absolute atomic E-state index is 0.0340. The van der Waals surface area contributed by atoms with Crippen molar-refractivity contribution in [3.8, 4) is 5.75 Å². The van der Waals surface area contributed by atoms with E-state index in [1.807, 2.05) is 18.2 Å². The first-order valence-corrected chi connectivity index (χ1v) is 12.4. The minimum Gasteiger partial charge on any atom is -0.492 e. The zero-order valence-electron chi connectivity index (χ0n) is 20.1. The SMILES string of the molecule is O=C(O)CCNCc1ccc2c(c1)C(=NOCc1ccc(C3CCCCC3)c(C(F)(F)F)c1)CCO2. The number of carbonyl (C=O) groups is 1. The van der Waals surface area contributed by atoms with Crippen molar-refractivity contribution in [3.63, 3.8) is 0 Å². The number of fused-ring (bicyclic) bond motifs is 1. The number of benzene rings is 2. The van der Waals surface area contributed by atoms with Gasteiger partial charge in [0.05, 0.1) is 24.3 Å². The van der Waals surface area contributed by atoms with E-state index in [9.17, 15) is 18.0 Å². The van der Waals surface area contributed by atoms with E-state index < -0.39 is 17.7 Å². The minimum atomic E-state index is -4.41. The molecule has 6 nitrogen and oxygen atoms in total. The molecule has 0 aromatic heterocycles. The summed E-state index contributed by atoms with van der Waals surface area (Å²) < 4.78 is 47.2. The Kier molecular flexibility index (Phi) is 8.51. The molecule has 1 saturated carbocycles. The van der Waals surface area contributed by atoms with Gasteiger partial charge in [-0.05, 0) is 53.6 Å². The van der Waals surface area contributed by atoms with Gasteiger partial charge in [0, 0.05) is 25.1 Å². The Hall–Kier alpha value is -3.07. The summed E-state index contributed by atoms with van der Waals surface area (Å²) >= 11 is 0. The van der Waals surface area contributed by atoms with Gasteiger partial charge in [0.25, 0.3) is 0 Å². The third kappa shape index (κ3) is 6.78. The van der Waals surface area contributed by atoms with Crippen molar-refractivity contribution >= 4 is 11.7 Å². The number of hydrogen-bond donors (Lipinski definition) is 2.